The van der Waals surface area contributed by atoms with Crippen molar-refractivity contribution in [2.45, 2.75) is 66.9 Å². The van der Waals surface area contributed by atoms with E-state index in [1.54, 1.807) is 47.4 Å². The van der Waals surface area contributed by atoms with Crippen LogP contribution in [0.5, 0.6) is 5.75 Å². The van der Waals surface area contributed by atoms with Crippen molar-refractivity contribution in [1.29, 1.82) is 0 Å². The number of halogens is 2. The predicted octanol–water partition coefficient (Wildman–Crippen LogP) is 7.87. The first-order chi connectivity index (χ1) is 20.1. The van der Waals surface area contributed by atoms with E-state index in [0.717, 1.165) is 5.56 Å². The number of anilines is 2. The predicted molar refractivity (Wildman–Crippen MR) is 172 cm³/mol. The maximum Gasteiger partial charge on any atom is 0.311 e. The molecule has 2 amide bonds. The van der Waals surface area contributed by atoms with E-state index in [9.17, 15) is 19.5 Å². The average Bonchev–Trinajstić information content (AvgIpc) is 2.90. The number of carboxylic acids is 1. The van der Waals surface area contributed by atoms with Gasteiger partial charge in [-0.2, -0.15) is 0 Å². The maximum atomic E-state index is 13.6. The standard InChI is InChI=1S/C33H39Cl2N3O5/c1-19(2)18-38(32(42)33(5,6)7)27-15-22(10-13-28(27)43-20(3)4)24(31(40)41)14-21-8-11-23(12-9-21)37-30(39)29-25(34)16-36-17-26(29)35/h8-13,15-17,19-20,24H,14,18H2,1-7H3,(H,37,39)(H,40,41). The van der Waals surface area contributed by atoms with E-state index in [-0.39, 0.29) is 40.0 Å². The zero-order valence-corrected chi connectivity index (χ0v) is 27.1. The van der Waals surface area contributed by atoms with Crippen molar-refractivity contribution in [1.82, 2.24) is 4.98 Å². The molecule has 8 nitrogen and oxygen atoms in total. The highest BCUT2D eigenvalue weighted by molar-refractivity contribution is 6.40. The van der Waals surface area contributed by atoms with Crippen molar-refractivity contribution in [3.63, 3.8) is 0 Å². The third-order valence-electron chi connectivity index (χ3n) is 6.50. The smallest absolute Gasteiger partial charge is 0.311 e. The first-order valence-electron chi connectivity index (χ1n) is 14.1. The minimum atomic E-state index is -1.000. The number of aromatic nitrogens is 1. The van der Waals surface area contributed by atoms with E-state index in [2.05, 4.69) is 10.3 Å². The molecule has 3 aromatic rings. The number of benzene rings is 2. The second-order valence-corrected chi connectivity index (χ2v) is 13.0. The van der Waals surface area contributed by atoms with E-state index in [0.29, 0.717) is 29.2 Å². The largest absolute Gasteiger partial charge is 0.489 e. The minimum Gasteiger partial charge on any atom is -0.489 e. The topological polar surface area (TPSA) is 109 Å². The third-order valence-corrected chi connectivity index (χ3v) is 7.08. The van der Waals surface area contributed by atoms with Crippen LogP contribution in [0.1, 0.15) is 75.9 Å². The van der Waals surface area contributed by atoms with Crippen LogP contribution in [0.15, 0.2) is 54.9 Å². The van der Waals surface area contributed by atoms with Gasteiger partial charge in [0.2, 0.25) is 5.91 Å². The van der Waals surface area contributed by atoms with Gasteiger partial charge >= 0.3 is 5.97 Å². The number of hydrogen-bond donors (Lipinski definition) is 2. The highest BCUT2D eigenvalue weighted by Gasteiger charge is 2.32. The Kier molecular flexibility index (Phi) is 11.2. The average molecular weight is 629 g/mol. The number of rotatable bonds is 11. The fourth-order valence-corrected chi connectivity index (χ4v) is 5.04. The molecular weight excluding hydrogens is 589 g/mol. The number of hydrogen-bond acceptors (Lipinski definition) is 5. The summed E-state index contributed by atoms with van der Waals surface area (Å²) >= 11 is 12.2. The van der Waals surface area contributed by atoms with E-state index in [1.807, 2.05) is 48.5 Å². The second-order valence-electron chi connectivity index (χ2n) is 12.2. The normalized spacial score (nSPS) is 12.3. The number of carbonyl (C=O) groups is 3. The molecule has 0 fully saturated rings. The molecule has 2 N–H and O–H groups in total. The van der Waals surface area contributed by atoms with Crippen LogP contribution in [0.4, 0.5) is 11.4 Å². The number of carboxylic acid groups (broad SMARTS) is 1. The Morgan fingerprint density at radius 2 is 1.58 bits per heavy atom. The van der Waals surface area contributed by atoms with Crippen molar-refractivity contribution < 1.29 is 24.2 Å². The second kappa shape index (κ2) is 14.2. The lowest BCUT2D eigenvalue weighted by Crippen LogP contribution is -2.42. The summed E-state index contributed by atoms with van der Waals surface area (Å²) < 4.78 is 6.08. The Morgan fingerprint density at radius 3 is 2.09 bits per heavy atom. The summed E-state index contributed by atoms with van der Waals surface area (Å²) in [5.41, 5.74) is 1.81. The molecule has 0 spiro atoms. The van der Waals surface area contributed by atoms with Gasteiger partial charge in [0.1, 0.15) is 5.75 Å². The Bertz CT molecular complexity index is 1450. The highest BCUT2D eigenvalue weighted by atomic mass is 35.5. The lowest BCUT2D eigenvalue weighted by molar-refractivity contribution is -0.138. The molecule has 0 radical (unpaired) electrons. The lowest BCUT2D eigenvalue weighted by atomic mass is 9.90. The minimum absolute atomic E-state index is 0.0780. The number of carbonyl (C=O) groups excluding carboxylic acids is 2. The van der Waals surface area contributed by atoms with Crippen molar-refractivity contribution in [3.8, 4) is 5.75 Å². The quantitative estimate of drug-likeness (QED) is 0.224. The summed E-state index contributed by atoms with van der Waals surface area (Å²) in [4.78, 5) is 44.4. The van der Waals surface area contributed by atoms with Gasteiger partial charge in [-0.25, -0.2) is 0 Å². The van der Waals surface area contributed by atoms with Crippen LogP contribution in [-0.2, 0) is 16.0 Å². The summed E-state index contributed by atoms with van der Waals surface area (Å²) in [6, 6.07) is 12.1. The van der Waals surface area contributed by atoms with Crippen LogP contribution < -0.4 is 15.0 Å². The SMILES string of the molecule is CC(C)CN(C(=O)C(C)(C)C)c1cc(C(Cc2ccc(NC(=O)c3c(Cl)cncc3Cl)cc2)C(=O)O)ccc1OC(C)C. The van der Waals surface area contributed by atoms with E-state index in [1.165, 1.54) is 12.4 Å². The van der Waals surface area contributed by atoms with Crippen LogP contribution in [0, 0.1) is 11.3 Å². The van der Waals surface area contributed by atoms with Crippen LogP contribution in [0.2, 0.25) is 10.0 Å². The van der Waals surface area contributed by atoms with Gasteiger partial charge in [0, 0.05) is 30.0 Å². The van der Waals surface area contributed by atoms with Gasteiger partial charge in [0.05, 0.1) is 33.3 Å². The molecule has 230 valence electrons. The number of nitrogens with one attached hydrogen (secondary N) is 1. The fourth-order valence-electron chi connectivity index (χ4n) is 4.51. The van der Waals surface area contributed by atoms with Crippen LogP contribution in [0.3, 0.4) is 0 Å². The molecule has 0 saturated carbocycles. The Balaban J connectivity index is 1.93. The van der Waals surface area contributed by atoms with E-state index in [4.69, 9.17) is 27.9 Å². The Hall–Kier alpha value is -3.62. The Morgan fingerprint density at radius 1 is 0.977 bits per heavy atom. The van der Waals surface area contributed by atoms with Crippen molar-refractivity contribution in [2.75, 3.05) is 16.8 Å². The zero-order chi connectivity index (χ0) is 32.1. The van der Waals surface area contributed by atoms with Crippen molar-refractivity contribution >= 4 is 52.4 Å². The summed E-state index contributed by atoms with van der Waals surface area (Å²) in [5, 5.41) is 13.3. The molecular formula is C33H39Cl2N3O5. The van der Waals surface area contributed by atoms with E-state index >= 15 is 0 Å². The lowest BCUT2D eigenvalue weighted by Gasteiger charge is -2.33. The monoisotopic (exact) mass is 627 g/mol. The van der Waals surface area contributed by atoms with Crippen molar-refractivity contribution in [3.05, 3.63) is 81.6 Å². The number of aliphatic carboxylic acids is 1. The number of ether oxygens (including phenoxy) is 1. The number of amides is 2. The van der Waals surface area contributed by atoms with Crippen molar-refractivity contribution in [2.24, 2.45) is 11.3 Å². The van der Waals surface area contributed by atoms with E-state index < -0.39 is 23.2 Å². The highest BCUT2D eigenvalue weighted by Crippen LogP contribution is 2.37. The first kappa shape index (κ1) is 33.9. The molecule has 2 aromatic carbocycles. The third kappa shape index (κ3) is 8.94. The molecule has 3 rings (SSSR count). The van der Waals surface area contributed by atoms with Gasteiger partial charge in [-0.15, -0.1) is 0 Å². The molecule has 1 unspecified atom stereocenters. The molecule has 0 bridgehead atoms. The number of pyridine rings is 1. The fraction of sp³-hybridized carbons (Fsp3) is 0.394. The summed E-state index contributed by atoms with van der Waals surface area (Å²) in [6.07, 6.45) is 2.72. The zero-order valence-electron chi connectivity index (χ0n) is 25.6. The number of nitrogens with zero attached hydrogens (tertiary/aromatic N) is 2. The maximum absolute atomic E-state index is 13.6. The molecule has 1 aromatic heterocycles. The molecule has 0 aliphatic rings. The molecule has 10 heteroatoms. The summed E-state index contributed by atoms with van der Waals surface area (Å²) in [6.45, 7) is 13.9. The Labute approximate surface area is 263 Å². The van der Waals surface area contributed by atoms with Crippen LogP contribution in [0.25, 0.3) is 0 Å². The molecule has 0 aliphatic heterocycles. The van der Waals surface area contributed by atoms with Gasteiger partial charge < -0.3 is 20.1 Å². The van der Waals surface area contributed by atoms with Gasteiger partial charge in [-0.05, 0) is 61.6 Å². The molecule has 1 heterocycles. The molecule has 0 saturated heterocycles. The molecule has 1 atom stereocenters. The van der Waals surface area contributed by atoms with Gasteiger partial charge in [-0.3, -0.25) is 19.4 Å². The van der Waals surface area contributed by atoms with Crippen LogP contribution >= 0.6 is 23.2 Å². The van der Waals surface area contributed by atoms with Gasteiger partial charge in [0.25, 0.3) is 5.91 Å². The van der Waals surface area contributed by atoms with Gasteiger partial charge in [0.15, 0.2) is 0 Å². The van der Waals surface area contributed by atoms with Gasteiger partial charge in [-0.1, -0.05) is 76.0 Å². The molecule has 0 aliphatic carbocycles. The molecule has 43 heavy (non-hydrogen) atoms. The van der Waals surface area contributed by atoms with Crippen LogP contribution in [-0.4, -0.2) is 40.5 Å². The summed E-state index contributed by atoms with van der Waals surface area (Å²) in [5.74, 6) is -1.77. The summed E-state index contributed by atoms with van der Waals surface area (Å²) in [7, 11) is 0. The first-order valence-corrected chi connectivity index (χ1v) is 14.9.